The molecule has 22 heavy (non-hydrogen) atoms. The zero-order chi connectivity index (χ0) is 15.0. The minimum absolute atomic E-state index is 0.140. The molecule has 112 valence electrons. The standard InChI is InChI=1S/C17H16N2O3/c1-8-2-3-9(22-8)7-18-19-16(20)14-10-4-5-11(13-6-12(10)13)15(14)17(19)21/h2-5,7,10-15H,6H2,1H3/t10-,11-,12-,13-,14-,15+/m0/s1. The fourth-order valence-electron chi connectivity index (χ4n) is 4.69. The Morgan fingerprint density at radius 3 is 2.32 bits per heavy atom. The SMILES string of the molecule is Cc1ccc(C=NN2C(=O)[C@@H]3[C@H]4C=C[C@@H]([C@@H]5C[C@@H]45)[C@@H]3C2=O)o1. The van der Waals surface area contributed by atoms with Crippen molar-refractivity contribution in [3.8, 4) is 0 Å². The molecule has 5 nitrogen and oxygen atoms in total. The molecule has 1 aromatic heterocycles. The summed E-state index contributed by atoms with van der Waals surface area (Å²) < 4.78 is 5.40. The first kappa shape index (κ1) is 12.4. The number of carbonyl (C=O) groups is 2. The minimum atomic E-state index is -0.193. The number of carbonyl (C=O) groups excluding carboxylic acids is 2. The van der Waals surface area contributed by atoms with Gasteiger partial charge in [-0.25, -0.2) is 0 Å². The van der Waals surface area contributed by atoms with E-state index in [9.17, 15) is 9.59 Å². The molecule has 1 aliphatic heterocycles. The van der Waals surface area contributed by atoms with Crippen LogP contribution >= 0.6 is 0 Å². The summed E-state index contributed by atoms with van der Waals surface area (Å²) in [5.74, 6) is 2.37. The summed E-state index contributed by atoms with van der Waals surface area (Å²) >= 11 is 0. The first-order valence-electron chi connectivity index (χ1n) is 7.82. The zero-order valence-corrected chi connectivity index (χ0v) is 12.2. The molecule has 4 aliphatic carbocycles. The average Bonchev–Trinajstić information content (AvgIpc) is 3.19. The summed E-state index contributed by atoms with van der Waals surface area (Å²) in [5.41, 5.74) is 0. The molecule has 2 amide bonds. The van der Waals surface area contributed by atoms with Crippen molar-refractivity contribution in [2.75, 3.05) is 0 Å². The molecule has 6 atom stereocenters. The van der Waals surface area contributed by atoms with Gasteiger partial charge in [-0.1, -0.05) is 12.2 Å². The molecule has 2 saturated carbocycles. The van der Waals surface area contributed by atoms with Crippen LogP contribution in [0, 0.1) is 42.4 Å². The number of furan rings is 1. The highest BCUT2D eigenvalue weighted by atomic mass is 16.3. The van der Waals surface area contributed by atoms with Crippen LogP contribution in [-0.2, 0) is 9.59 Å². The summed E-state index contributed by atoms with van der Waals surface area (Å²) in [6.45, 7) is 1.84. The Labute approximate surface area is 127 Å². The number of hydrogen-bond donors (Lipinski definition) is 0. The summed E-state index contributed by atoms with van der Waals surface area (Å²) in [5, 5.41) is 5.19. The molecule has 6 rings (SSSR count). The van der Waals surface area contributed by atoms with Crippen LogP contribution in [0.3, 0.4) is 0 Å². The molecule has 5 aliphatic rings. The van der Waals surface area contributed by atoms with Gasteiger partial charge in [0.1, 0.15) is 11.5 Å². The van der Waals surface area contributed by atoms with Crippen LogP contribution in [0.15, 0.2) is 33.8 Å². The average molecular weight is 296 g/mol. The van der Waals surface area contributed by atoms with Crippen molar-refractivity contribution in [3.63, 3.8) is 0 Å². The molecule has 3 fully saturated rings. The Balaban J connectivity index is 1.46. The smallest absolute Gasteiger partial charge is 0.254 e. The van der Waals surface area contributed by atoms with Crippen LogP contribution < -0.4 is 0 Å². The van der Waals surface area contributed by atoms with E-state index in [1.165, 1.54) is 12.6 Å². The fourth-order valence-corrected chi connectivity index (χ4v) is 4.69. The normalized spacial score (nSPS) is 41.4. The molecule has 1 saturated heterocycles. The van der Waals surface area contributed by atoms with Gasteiger partial charge in [0.15, 0.2) is 0 Å². The fraction of sp³-hybridized carbons (Fsp3) is 0.471. The number of amides is 2. The second-order valence-electron chi connectivity index (χ2n) is 6.84. The van der Waals surface area contributed by atoms with Gasteiger partial charge < -0.3 is 4.42 Å². The second-order valence-corrected chi connectivity index (χ2v) is 6.84. The zero-order valence-electron chi connectivity index (χ0n) is 12.2. The van der Waals surface area contributed by atoms with Gasteiger partial charge >= 0.3 is 0 Å². The Morgan fingerprint density at radius 1 is 1.14 bits per heavy atom. The molecule has 0 radical (unpaired) electrons. The summed E-state index contributed by atoms with van der Waals surface area (Å²) in [7, 11) is 0. The molecule has 0 spiro atoms. The maximum Gasteiger partial charge on any atom is 0.254 e. The number of aryl methyl sites for hydroxylation is 1. The lowest BCUT2D eigenvalue weighted by Crippen LogP contribution is -2.40. The first-order chi connectivity index (χ1) is 10.6. The number of allylic oxidation sites excluding steroid dienone is 2. The number of hydrogen-bond acceptors (Lipinski definition) is 4. The van der Waals surface area contributed by atoms with E-state index >= 15 is 0 Å². The predicted octanol–water partition coefficient (Wildman–Crippen LogP) is 1.98. The molecule has 0 N–H and O–H groups in total. The van der Waals surface area contributed by atoms with Gasteiger partial charge in [0.25, 0.3) is 11.8 Å². The van der Waals surface area contributed by atoms with Gasteiger partial charge in [-0.3, -0.25) is 9.59 Å². The molecule has 2 heterocycles. The van der Waals surface area contributed by atoms with Gasteiger partial charge in [0.05, 0.1) is 18.1 Å². The van der Waals surface area contributed by atoms with Crippen molar-refractivity contribution in [2.24, 2.45) is 40.6 Å². The van der Waals surface area contributed by atoms with Crippen LogP contribution in [0.5, 0.6) is 0 Å². The number of imide groups is 1. The second kappa shape index (κ2) is 3.97. The summed E-state index contributed by atoms with van der Waals surface area (Å²) in [4.78, 5) is 25.3. The van der Waals surface area contributed by atoms with E-state index < -0.39 is 0 Å². The Bertz CT molecular complexity index is 711. The van der Waals surface area contributed by atoms with Crippen molar-refractivity contribution in [1.82, 2.24) is 5.01 Å². The molecule has 2 bridgehead atoms. The molecule has 5 heteroatoms. The van der Waals surface area contributed by atoms with Gasteiger partial charge in [-0.2, -0.15) is 10.1 Å². The van der Waals surface area contributed by atoms with Crippen LogP contribution in [0.2, 0.25) is 0 Å². The van der Waals surface area contributed by atoms with E-state index in [2.05, 4.69) is 17.3 Å². The lowest BCUT2D eigenvalue weighted by atomic mass is 9.63. The van der Waals surface area contributed by atoms with Gasteiger partial charge in [0, 0.05) is 0 Å². The van der Waals surface area contributed by atoms with Crippen molar-refractivity contribution >= 4 is 18.0 Å². The van der Waals surface area contributed by atoms with E-state index in [1.807, 2.05) is 13.0 Å². The molecular formula is C17H16N2O3. The molecule has 0 unspecified atom stereocenters. The lowest BCUT2D eigenvalue weighted by molar-refractivity contribution is -0.140. The first-order valence-corrected chi connectivity index (χ1v) is 7.82. The topological polar surface area (TPSA) is 62.9 Å². The van der Waals surface area contributed by atoms with Gasteiger partial charge in [-0.15, -0.1) is 0 Å². The molecular weight excluding hydrogens is 280 g/mol. The summed E-state index contributed by atoms with van der Waals surface area (Å²) in [6, 6.07) is 3.60. The largest absolute Gasteiger partial charge is 0.460 e. The van der Waals surface area contributed by atoms with E-state index in [1.54, 1.807) is 6.07 Å². The van der Waals surface area contributed by atoms with E-state index in [4.69, 9.17) is 4.42 Å². The third kappa shape index (κ3) is 1.46. The summed E-state index contributed by atoms with van der Waals surface area (Å²) in [6.07, 6.45) is 6.95. The number of nitrogens with zero attached hydrogens (tertiary/aromatic N) is 2. The highest BCUT2D eigenvalue weighted by Crippen LogP contribution is 2.65. The highest BCUT2D eigenvalue weighted by molar-refractivity contribution is 6.06. The van der Waals surface area contributed by atoms with Gasteiger partial charge in [0.2, 0.25) is 0 Å². The monoisotopic (exact) mass is 296 g/mol. The minimum Gasteiger partial charge on any atom is -0.460 e. The maximum absolute atomic E-state index is 12.7. The number of rotatable bonds is 2. The third-order valence-corrected chi connectivity index (χ3v) is 5.70. The predicted molar refractivity (Wildman–Crippen MR) is 77.6 cm³/mol. The van der Waals surface area contributed by atoms with Crippen LogP contribution in [0.1, 0.15) is 17.9 Å². The third-order valence-electron chi connectivity index (χ3n) is 5.70. The van der Waals surface area contributed by atoms with Crippen molar-refractivity contribution in [3.05, 3.63) is 35.8 Å². The van der Waals surface area contributed by atoms with E-state index in [0.717, 1.165) is 10.8 Å². The van der Waals surface area contributed by atoms with Crippen molar-refractivity contribution in [1.29, 1.82) is 0 Å². The Morgan fingerprint density at radius 2 is 1.77 bits per heavy atom. The van der Waals surface area contributed by atoms with Crippen molar-refractivity contribution < 1.29 is 14.0 Å². The van der Waals surface area contributed by atoms with Gasteiger partial charge in [-0.05, 0) is 49.1 Å². The highest BCUT2D eigenvalue weighted by Gasteiger charge is 2.67. The quantitative estimate of drug-likeness (QED) is 0.476. The van der Waals surface area contributed by atoms with Crippen LogP contribution in [0.4, 0.5) is 0 Å². The van der Waals surface area contributed by atoms with E-state index in [-0.39, 0.29) is 35.5 Å². The van der Waals surface area contributed by atoms with E-state index in [0.29, 0.717) is 17.6 Å². The molecule has 1 aromatic rings. The lowest BCUT2D eigenvalue weighted by Gasteiger charge is -2.37. The van der Waals surface area contributed by atoms with Crippen molar-refractivity contribution in [2.45, 2.75) is 13.3 Å². The Hall–Kier alpha value is -2.17. The Kier molecular flexibility index (Phi) is 2.23. The van der Waals surface area contributed by atoms with Crippen LogP contribution in [0.25, 0.3) is 0 Å². The maximum atomic E-state index is 12.7. The van der Waals surface area contributed by atoms with Crippen LogP contribution in [-0.4, -0.2) is 23.0 Å². The number of hydrazone groups is 1. The molecule has 0 aromatic carbocycles.